The van der Waals surface area contributed by atoms with Crippen LogP contribution in [0.4, 0.5) is 0 Å². The van der Waals surface area contributed by atoms with Crippen LogP contribution in [0.5, 0.6) is 0 Å². The lowest BCUT2D eigenvalue weighted by molar-refractivity contribution is 0.0690. The van der Waals surface area contributed by atoms with Gasteiger partial charge in [-0.1, -0.05) is 17.7 Å². The van der Waals surface area contributed by atoms with Crippen molar-refractivity contribution in [3.8, 4) is 11.8 Å². The maximum absolute atomic E-state index is 11.2. The first-order valence-electron chi connectivity index (χ1n) is 5.77. The molecule has 1 N–H and O–H groups in total. The Labute approximate surface area is 110 Å². The molecule has 0 radical (unpaired) electrons. The van der Waals surface area contributed by atoms with Gasteiger partial charge in [0.25, 0.3) is 0 Å². The summed E-state index contributed by atoms with van der Waals surface area (Å²) in [4.78, 5) is 19.9. The Morgan fingerprint density at radius 2 is 2.22 bits per heavy atom. The quantitative estimate of drug-likeness (QED) is 0.513. The molecule has 18 heavy (non-hydrogen) atoms. The molecule has 94 valence electrons. The molecule has 2 rings (SSSR count). The van der Waals surface area contributed by atoms with E-state index in [2.05, 4.69) is 21.8 Å². The molecule has 5 heteroatoms. The fourth-order valence-electron chi connectivity index (χ4n) is 1.62. The van der Waals surface area contributed by atoms with Crippen LogP contribution in [-0.2, 0) is 0 Å². The second kappa shape index (κ2) is 5.40. The zero-order valence-electron chi connectivity index (χ0n) is 10.4. The topological polar surface area (TPSA) is 63.1 Å². The van der Waals surface area contributed by atoms with Crippen LogP contribution in [0.15, 0.2) is 5.03 Å². The van der Waals surface area contributed by atoms with Gasteiger partial charge in [0.1, 0.15) is 16.4 Å². The van der Waals surface area contributed by atoms with Gasteiger partial charge in [-0.2, -0.15) is 0 Å². The molecule has 1 aromatic heterocycles. The summed E-state index contributed by atoms with van der Waals surface area (Å²) in [6.07, 6.45) is 2.20. The van der Waals surface area contributed by atoms with Gasteiger partial charge in [0.15, 0.2) is 0 Å². The van der Waals surface area contributed by atoms with Gasteiger partial charge in [0, 0.05) is 5.92 Å². The second-order valence-corrected chi connectivity index (χ2v) is 5.11. The highest BCUT2D eigenvalue weighted by Gasteiger charge is 2.29. The van der Waals surface area contributed by atoms with Gasteiger partial charge in [-0.25, -0.2) is 14.8 Å². The highest BCUT2D eigenvalue weighted by Crippen LogP contribution is 2.39. The molecule has 0 bridgehead atoms. The number of aromatic carboxylic acids is 1. The summed E-state index contributed by atoms with van der Waals surface area (Å²) < 4.78 is 0. The highest BCUT2D eigenvalue weighted by molar-refractivity contribution is 7.99. The SMILES string of the molecule is CC#CCSc1nc(C2CC2)nc(C)c1C(=O)O. The minimum Gasteiger partial charge on any atom is -0.478 e. The number of hydrogen-bond acceptors (Lipinski definition) is 4. The van der Waals surface area contributed by atoms with E-state index >= 15 is 0 Å². The van der Waals surface area contributed by atoms with E-state index in [9.17, 15) is 9.90 Å². The molecule has 0 aliphatic heterocycles. The number of thioether (sulfide) groups is 1. The van der Waals surface area contributed by atoms with Crippen molar-refractivity contribution in [2.75, 3.05) is 5.75 Å². The first-order valence-corrected chi connectivity index (χ1v) is 6.76. The summed E-state index contributed by atoms with van der Waals surface area (Å²) >= 11 is 1.37. The maximum atomic E-state index is 11.2. The number of nitrogens with zero attached hydrogens (tertiary/aromatic N) is 2. The Bertz CT molecular complexity index is 542. The van der Waals surface area contributed by atoms with E-state index in [-0.39, 0.29) is 5.56 Å². The van der Waals surface area contributed by atoms with Crippen LogP contribution in [0.3, 0.4) is 0 Å². The Balaban J connectivity index is 2.36. The Morgan fingerprint density at radius 3 is 2.78 bits per heavy atom. The van der Waals surface area contributed by atoms with Crippen LogP contribution in [-0.4, -0.2) is 26.8 Å². The van der Waals surface area contributed by atoms with E-state index in [0.29, 0.717) is 22.4 Å². The van der Waals surface area contributed by atoms with Gasteiger partial charge < -0.3 is 5.11 Å². The molecule has 1 saturated carbocycles. The van der Waals surface area contributed by atoms with Crippen molar-refractivity contribution >= 4 is 17.7 Å². The molecule has 0 aromatic carbocycles. The van der Waals surface area contributed by atoms with Crippen LogP contribution in [0, 0.1) is 18.8 Å². The van der Waals surface area contributed by atoms with E-state index < -0.39 is 5.97 Å². The molecule has 0 atom stereocenters. The van der Waals surface area contributed by atoms with E-state index in [1.165, 1.54) is 11.8 Å². The molecule has 0 unspecified atom stereocenters. The summed E-state index contributed by atoms with van der Waals surface area (Å²) in [5, 5.41) is 9.76. The van der Waals surface area contributed by atoms with Crippen molar-refractivity contribution in [3.05, 3.63) is 17.1 Å². The minimum absolute atomic E-state index is 0.210. The summed E-state index contributed by atoms with van der Waals surface area (Å²) in [6, 6.07) is 0. The standard InChI is InChI=1S/C13H14N2O2S/c1-3-4-7-18-12-10(13(16)17)8(2)14-11(15-12)9-5-6-9/h9H,5-7H2,1-2H3,(H,16,17). The third kappa shape index (κ3) is 2.82. The zero-order chi connectivity index (χ0) is 13.1. The normalized spacial score (nSPS) is 13.9. The van der Waals surface area contributed by atoms with Crippen molar-refractivity contribution < 1.29 is 9.90 Å². The van der Waals surface area contributed by atoms with Crippen molar-refractivity contribution in [1.29, 1.82) is 0 Å². The molecule has 1 aromatic rings. The largest absolute Gasteiger partial charge is 0.478 e. The average molecular weight is 262 g/mol. The molecule has 0 saturated heterocycles. The first-order chi connectivity index (χ1) is 8.63. The van der Waals surface area contributed by atoms with E-state index in [0.717, 1.165) is 18.7 Å². The number of rotatable bonds is 4. The Hall–Kier alpha value is -1.54. The molecular weight excluding hydrogens is 248 g/mol. The van der Waals surface area contributed by atoms with Gasteiger partial charge in [0.2, 0.25) is 0 Å². The monoisotopic (exact) mass is 262 g/mol. The van der Waals surface area contributed by atoms with Crippen LogP contribution >= 0.6 is 11.8 Å². The number of carboxylic acids is 1. The number of aromatic nitrogens is 2. The van der Waals surface area contributed by atoms with Gasteiger partial charge in [-0.3, -0.25) is 0 Å². The van der Waals surface area contributed by atoms with Crippen LogP contribution in [0.2, 0.25) is 0 Å². The molecule has 1 fully saturated rings. The van der Waals surface area contributed by atoms with E-state index in [1.807, 2.05) is 0 Å². The van der Waals surface area contributed by atoms with Gasteiger partial charge >= 0.3 is 5.97 Å². The maximum Gasteiger partial charge on any atom is 0.340 e. The fraction of sp³-hybridized carbons (Fsp3) is 0.462. The molecule has 0 spiro atoms. The molecule has 4 nitrogen and oxygen atoms in total. The number of carbonyl (C=O) groups is 1. The average Bonchev–Trinajstić information content (AvgIpc) is 3.11. The number of carboxylic acid groups (broad SMARTS) is 1. The van der Waals surface area contributed by atoms with Gasteiger partial charge in [-0.15, -0.1) is 5.92 Å². The van der Waals surface area contributed by atoms with Gasteiger partial charge in [0.05, 0.1) is 11.4 Å². The molecule has 1 heterocycles. The molecule has 1 aliphatic rings. The Kier molecular flexibility index (Phi) is 3.87. The third-order valence-corrected chi connectivity index (χ3v) is 3.55. The van der Waals surface area contributed by atoms with E-state index in [4.69, 9.17) is 0 Å². The van der Waals surface area contributed by atoms with E-state index in [1.54, 1.807) is 13.8 Å². The summed E-state index contributed by atoms with van der Waals surface area (Å²) in [6.45, 7) is 3.49. The van der Waals surface area contributed by atoms with Crippen molar-refractivity contribution in [2.45, 2.75) is 37.6 Å². The summed E-state index contributed by atoms with van der Waals surface area (Å²) in [5.74, 6) is 6.48. The summed E-state index contributed by atoms with van der Waals surface area (Å²) in [7, 11) is 0. The highest BCUT2D eigenvalue weighted by atomic mass is 32.2. The minimum atomic E-state index is -0.971. The predicted octanol–water partition coefficient (Wildman–Crippen LogP) is 2.48. The number of hydrogen-bond donors (Lipinski definition) is 1. The number of aryl methyl sites for hydroxylation is 1. The second-order valence-electron chi connectivity index (χ2n) is 4.14. The lowest BCUT2D eigenvalue weighted by atomic mass is 10.2. The first kappa shape index (κ1) is 12.9. The predicted molar refractivity (Wildman–Crippen MR) is 69.9 cm³/mol. The summed E-state index contributed by atoms with van der Waals surface area (Å²) in [5.41, 5.74) is 0.758. The van der Waals surface area contributed by atoms with Crippen LogP contribution in [0.25, 0.3) is 0 Å². The Morgan fingerprint density at radius 1 is 1.50 bits per heavy atom. The molecule has 0 amide bonds. The van der Waals surface area contributed by atoms with Crippen molar-refractivity contribution in [1.82, 2.24) is 9.97 Å². The molecular formula is C13H14N2O2S. The zero-order valence-corrected chi connectivity index (χ0v) is 11.2. The van der Waals surface area contributed by atoms with Crippen molar-refractivity contribution in [2.24, 2.45) is 0 Å². The van der Waals surface area contributed by atoms with Gasteiger partial charge in [-0.05, 0) is 26.7 Å². The smallest absolute Gasteiger partial charge is 0.340 e. The molecule has 1 aliphatic carbocycles. The fourth-order valence-corrected chi connectivity index (χ4v) is 2.51. The van der Waals surface area contributed by atoms with Crippen LogP contribution in [0.1, 0.15) is 47.6 Å². The lowest BCUT2D eigenvalue weighted by Gasteiger charge is -2.08. The van der Waals surface area contributed by atoms with Crippen LogP contribution < -0.4 is 0 Å². The van der Waals surface area contributed by atoms with Crippen molar-refractivity contribution in [3.63, 3.8) is 0 Å². The third-order valence-electron chi connectivity index (χ3n) is 2.69. The lowest BCUT2D eigenvalue weighted by Crippen LogP contribution is -2.09.